The molecule has 1 saturated heterocycles. The summed E-state index contributed by atoms with van der Waals surface area (Å²) in [5.74, 6) is 0.688. The Morgan fingerprint density at radius 2 is 2.30 bits per heavy atom. The molecule has 0 radical (unpaired) electrons. The van der Waals surface area contributed by atoms with Crippen LogP contribution < -0.4 is 5.32 Å². The van der Waals surface area contributed by atoms with Crippen molar-refractivity contribution in [2.75, 3.05) is 11.9 Å². The van der Waals surface area contributed by atoms with Gasteiger partial charge in [0.1, 0.15) is 5.82 Å². The third kappa shape index (κ3) is 2.95. The highest BCUT2D eigenvalue weighted by molar-refractivity contribution is 5.89. The molecule has 1 aromatic rings. The largest absolute Gasteiger partial charge is 0.388 e. The summed E-state index contributed by atoms with van der Waals surface area (Å²) >= 11 is 0. The van der Waals surface area contributed by atoms with Crippen molar-refractivity contribution in [1.29, 1.82) is 0 Å². The van der Waals surface area contributed by atoms with E-state index in [4.69, 9.17) is 0 Å². The standard InChI is InChI=1S/C14H24N4O2/c1-5-10-9-12(17(4)16-10)15-13(19)18-8-6-7-11(18)14(2,3)20/h9,11,20H,5-8H2,1-4H3,(H,15,19). The average Bonchev–Trinajstić information content (AvgIpc) is 2.96. The number of rotatable bonds is 3. The van der Waals surface area contributed by atoms with Gasteiger partial charge in [-0.25, -0.2) is 4.79 Å². The Morgan fingerprint density at radius 1 is 1.60 bits per heavy atom. The summed E-state index contributed by atoms with van der Waals surface area (Å²) < 4.78 is 1.67. The van der Waals surface area contributed by atoms with Crippen LogP contribution in [0, 0.1) is 0 Å². The van der Waals surface area contributed by atoms with Gasteiger partial charge in [-0.05, 0) is 33.1 Å². The van der Waals surface area contributed by atoms with Crippen LogP contribution in [0.25, 0.3) is 0 Å². The molecule has 6 heteroatoms. The fraction of sp³-hybridized carbons (Fsp3) is 0.714. The minimum atomic E-state index is -0.880. The number of carbonyl (C=O) groups is 1. The lowest BCUT2D eigenvalue weighted by atomic mass is 9.97. The van der Waals surface area contributed by atoms with E-state index in [0.717, 1.165) is 25.0 Å². The van der Waals surface area contributed by atoms with Gasteiger partial charge in [-0.3, -0.25) is 10.00 Å². The molecule has 2 heterocycles. The minimum Gasteiger partial charge on any atom is -0.388 e. The lowest BCUT2D eigenvalue weighted by Crippen LogP contribution is -2.49. The van der Waals surface area contributed by atoms with Crippen LogP contribution in [0.2, 0.25) is 0 Å². The van der Waals surface area contributed by atoms with E-state index in [9.17, 15) is 9.90 Å². The topological polar surface area (TPSA) is 70.4 Å². The molecule has 1 atom stereocenters. The molecule has 0 spiro atoms. The van der Waals surface area contributed by atoms with Crippen LogP contribution in [0.15, 0.2) is 6.07 Å². The number of hydrogen-bond donors (Lipinski definition) is 2. The van der Waals surface area contributed by atoms with Crippen LogP contribution in [0.4, 0.5) is 10.6 Å². The smallest absolute Gasteiger partial charge is 0.323 e. The van der Waals surface area contributed by atoms with Gasteiger partial charge in [-0.2, -0.15) is 5.10 Å². The van der Waals surface area contributed by atoms with E-state index in [-0.39, 0.29) is 12.1 Å². The summed E-state index contributed by atoms with van der Waals surface area (Å²) in [6, 6.07) is 1.58. The van der Waals surface area contributed by atoms with Gasteiger partial charge in [0.05, 0.1) is 17.3 Å². The first kappa shape index (κ1) is 14.8. The van der Waals surface area contributed by atoms with Crippen LogP contribution >= 0.6 is 0 Å². The second-order valence-electron chi connectivity index (χ2n) is 5.93. The van der Waals surface area contributed by atoms with E-state index in [2.05, 4.69) is 10.4 Å². The first-order chi connectivity index (χ1) is 9.32. The Morgan fingerprint density at radius 3 is 2.85 bits per heavy atom. The number of nitrogens with one attached hydrogen (secondary N) is 1. The lowest BCUT2D eigenvalue weighted by Gasteiger charge is -2.33. The third-order valence-corrected chi connectivity index (χ3v) is 3.86. The first-order valence-corrected chi connectivity index (χ1v) is 7.16. The molecule has 112 valence electrons. The molecule has 1 aliphatic heterocycles. The van der Waals surface area contributed by atoms with Crippen molar-refractivity contribution in [3.05, 3.63) is 11.8 Å². The lowest BCUT2D eigenvalue weighted by molar-refractivity contribution is 0.0117. The minimum absolute atomic E-state index is 0.138. The molecule has 0 aromatic carbocycles. The highest BCUT2D eigenvalue weighted by Crippen LogP contribution is 2.27. The SMILES string of the molecule is CCc1cc(NC(=O)N2CCCC2C(C)(C)O)n(C)n1. The van der Waals surface area contributed by atoms with Gasteiger partial charge in [0.2, 0.25) is 0 Å². The Bertz CT molecular complexity index is 490. The van der Waals surface area contributed by atoms with Crippen molar-refractivity contribution < 1.29 is 9.90 Å². The van der Waals surface area contributed by atoms with Crippen molar-refractivity contribution >= 4 is 11.8 Å². The first-order valence-electron chi connectivity index (χ1n) is 7.16. The maximum absolute atomic E-state index is 12.4. The number of urea groups is 1. The zero-order chi connectivity index (χ0) is 14.9. The molecule has 0 bridgehead atoms. The van der Waals surface area contributed by atoms with Crippen LogP contribution in [0.3, 0.4) is 0 Å². The van der Waals surface area contributed by atoms with E-state index in [1.165, 1.54) is 0 Å². The number of amides is 2. The van der Waals surface area contributed by atoms with Crippen LogP contribution in [-0.2, 0) is 13.5 Å². The molecule has 2 rings (SSSR count). The Kier molecular flexibility index (Phi) is 4.04. The van der Waals surface area contributed by atoms with Crippen molar-refractivity contribution in [3.63, 3.8) is 0 Å². The number of aromatic nitrogens is 2. The van der Waals surface area contributed by atoms with Gasteiger partial charge >= 0.3 is 6.03 Å². The van der Waals surface area contributed by atoms with Gasteiger partial charge in [-0.15, -0.1) is 0 Å². The molecule has 0 saturated carbocycles. The van der Waals surface area contributed by atoms with Gasteiger partial charge in [0.25, 0.3) is 0 Å². The number of carbonyl (C=O) groups excluding carboxylic acids is 1. The summed E-state index contributed by atoms with van der Waals surface area (Å²) in [6.45, 7) is 6.21. The summed E-state index contributed by atoms with van der Waals surface area (Å²) in [7, 11) is 1.81. The summed E-state index contributed by atoms with van der Waals surface area (Å²) in [4.78, 5) is 14.1. The summed E-state index contributed by atoms with van der Waals surface area (Å²) in [6.07, 6.45) is 2.59. The second-order valence-corrected chi connectivity index (χ2v) is 5.93. The van der Waals surface area contributed by atoms with E-state index < -0.39 is 5.60 Å². The van der Waals surface area contributed by atoms with Gasteiger partial charge in [0, 0.05) is 19.7 Å². The predicted octanol–water partition coefficient (Wildman–Crippen LogP) is 1.75. The monoisotopic (exact) mass is 280 g/mol. The van der Waals surface area contributed by atoms with E-state index in [0.29, 0.717) is 12.4 Å². The van der Waals surface area contributed by atoms with Crippen LogP contribution in [0.1, 0.15) is 39.3 Å². The molecule has 2 N–H and O–H groups in total. The number of anilines is 1. The van der Waals surface area contributed by atoms with Gasteiger partial charge in [-0.1, -0.05) is 6.92 Å². The fourth-order valence-electron chi connectivity index (χ4n) is 2.74. The quantitative estimate of drug-likeness (QED) is 0.886. The Labute approximate surface area is 119 Å². The highest BCUT2D eigenvalue weighted by Gasteiger charge is 2.38. The van der Waals surface area contributed by atoms with Crippen molar-refractivity contribution in [2.45, 2.75) is 51.7 Å². The number of hydrogen-bond acceptors (Lipinski definition) is 3. The molecule has 2 amide bonds. The summed E-state index contributed by atoms with van der Waals surface area (Å²) in [5, 5.41) is 17.4. The molecule has 1 aromatic heterocycles. The van der Waals surface area contributed by atoms with Crippen molar-refractivity contribution in [1.82, 2.24) is 14.7 Å². The van der Waals surface area contributed by atoms with Crippen molar-refractivity contribution in [3.8, 4) is 0 Å². The average molecular weight is 280 g/mol. The maximum atomic E-state index is 12.4. The normalized spacial score (nSPS) is 19.4. The molecule has 0 aliphatic carbocycles. The molecule has 1 unspecified atom stereocenters. The molecule has 6 nitrogen and oxygen atoms in total. The molecule has 1 aliphatic rings. The van der Waals surface area contributed by atoms with Gasteiger partial charge in [0.15, 0.2) is 0 Å². The fourth-order valence-corrected chi connectivity index (χ4v) is 2.74. The summed E-state index contributed by atoms with van der Waals surface area (Å²) in [5.41, 5.74) is 0.0674. The highest BCUT2D eigenvalue weighted by atomic mass is 16.3. The molecule has 1 fully saturated rings. The number of aliphatic hydroxyl groups is 1. The number of nitrogens with zero attached hydrogens (tertiary/aromatic N) is 3. The predicted molar refractivity (Wildman–Crippen MR) is 77.6 cm³/mol. The van der Waals surface area contributed by atoms with Gasteiger partial charge < -0.3 is 10.0 Å². The molecular formula is C14H24N4O2. The second kappa shape index (κ2) is 5.44. The molecular weight excluding hydrogens is 256 g/mol. The van der Waals surface area contributed by atoms with E-state index in [1.54, 1.807) is 23.4 Å². The van der Waals surface area contributed by atoms with Crippen LogP contribution in [-0.4, -0.2) is 44.0 Å². The zero-order valence-corrected chi connectivity index (χ0v) is 12.7. The Hall–Kier alpha value is -1.56. The Balaban J connectivity index is 2.09. The number of likely N-dealkylation sites (tertiary alicyclic amines) is 1. The number of aryl methyl sites for hydroxylation is 2. The van der Waals surface area contributed by atoms with Crippen LogP contribution in [0.5, 0.6) is 0 Å². The molecule has 20 heavy (non-hydrogen) atoms. The maximum Gasteiger partial charge on any atom is 0.323 e. The third-order valence-electron chi connectivity index (χ3n) is 3.86. The van der Waals surface area contributed by atoms with Crippen molar-refractivity contribution in [2.24, 2.45) is 7.05 Å². The van der Waals surface area contributed by atoms with E-state index in [1.807, 2.05) is 20.0 Å². The van der Waals surface area contributed by atoms with E-state index >= 15 is 0 Å². The zero-order valence-electron chi connectivity index (χ0n) is 12.7.